The zero-order chi connectivity index (χ0) is 24.3. The first-order valence-electron chi connectivity index (χ1n) is 10.3. The van der Waals surface area contributed by atoms with E-state index in [4.69, 9.17) is 14.2 Å². The van der Waals surface area contributed by atoms with Crippen LogP contribution < -0.4 is 14.2 Å². The van der Waals surface area contributed by atoms with E-state index in [0.717, 1.165) is 5.56 Å². The van der Waals surface area contributed by atoms with Crippen LogP contribution in [-0.2, 0) is 12.3 Å². The van der Waals surface area contributed by atoms with Gasteiger partial charge in [0.05, 0.1) is 14.2 Å². The average Bonchev–Trinajstić information content (AvgIpc) is 3.28. The predicted molar refractivity (Wildman–Crippen MR) is 129 cm³/mol. The molecule has 6 nitrogen and oxygen atoms in total. The van der Waals surface area contributed by atoms with Gasteiger partial charge in [-0.2, -0.15) is 13.9 Å². The van der Waals surface area contributed by atoms with Crippen LogP contribution in [0.1, 0.15) is 11.3 Å². The Bertz CT molecular complexity index is 1290. The fourth-order valence-corrected chi connectivity index (χ4v) is 3.80. The van der Waals surface area contributed by atoms with Crippen molar-refractivity contribution in [1.82, 2.24) is 10.2 Å². The van der Waals surface area contributed by atoms with Gasteiger partial charge in [-0.1, -0.05) is 45.6 Å². The summed E-state index contributed by atoms with van der Waals surface area (Å²) in [7, 11) is 4.46. The Morgan fingerprint density at radius 3 is 2.35 bits per heavy atom. The van der Waals surface area contributed by atoms with Crippen LogP contribution in [0.25, 0.3) is 22.4 Å². The molecule has 0 aliphatic heterocycles. The molecular weight excluding hydrogens is 461 g/mol. The van der Waals surface area contributed by atoms with E-state index in [1.54, 1.807) is 30.3 Å². The average molecular weight is 484 g/mol. The first kappa shape index (κ1) is 23.5. The van der Waals surface area contributed by atoms with E-state index in [1.165, 1.54) is 29.5 Å². The minimum absolute atomic E-state index is 0.134. The Morgan fingerprint density at radius 1 is 0.971 bits per heavy atom. The van der Waals surface area contributed by atoms with Crippen LogP contribution in [0.5, 0.6) is 23.0 Å². The van der Waals surface area contributed by atoms with Gasteiger partial charge in [0.25, 0.3) is 5.66 Å². The van der Waals surface area contributed by atoms with Gasteiger partial charge in [0.2, 0.25) is 0 Å². The number of hydrogen-bond donors (Lipinski definition) is 2. The van der Waals surface area contributed by atoms with Crippen molar-refractivity contribution in [3.8, 4) is 45.4 Å². The number of methoxy groups -OCH3 is 2. The number of nitrogens with one attached hydrogen (secondary N) is 1. The van der Waals surface area contributed by atoms with Crippen LogP contribution in [0.3, 0.4) is 0 Å². The van der Waals surface area contributed by atoms with Crippen molar-refractivity contribution in [3.05, 3.63) is 78.0 Å². The molecule has 0 bridgehead atoms. The number of phenols is 1. The van der Waals surface area contributed by atoms with E-state index in [0.29, 0.717) is 29.4 Å². The van der Waals surface area contributed by atoms with E-state index in [9.17, 15) is 13.9 Å². The Labute approximate surface area is 197 Å². The minimum Gasteiger partial charge on any atom is -0.507 e. The summed E-state index contributed by atoms with van der Waals surface area (Å²) in [6, 6.07) is 19.1. The lowest BCUT2D eigenvalue weighted by molar-refractivity contribution is 0.0992. The zero-order valence-electron chi connectivity index (χ0n) is 18.5. The number of ether oxygens (including phenoxy) is 3. The summed E-state index contributed by atoms with van der Waals surface area (Å²) in [5.74, 6) is 1.11. The number of alkyl halides is 2. The second-order valence-electron chi connectivity index (χ2n) is 7.47. The van der Waals surface area contributed by atoms with Crippen LogP contribution in [0, 0.1) is 0 Å². The molecule has 176 valence electrons. The van der Waals surface area contributed by atoms with E-state index in [-0.39, 0.29) is 22.6 Å². The summed E-state index contributed by atoms with van der Waals surface area (Å²) >= 11 is 0. The maximum atomic E-state index is 14.4. The lowest BCUT2D eigenvalue weighted by atomic mass is 9.97. The molecule has 34 heavy (non-hydrogen) atoms. The van der Waals surface area contributed by atoms with E-state index < -0.39 is 11.4 Å². The van der Waals surface area contributed by atoms with Gasteiger partial charge in [-0.05, 0) is 35.4 Å². The number of aromatic nitrogens is 2. The van der Waals surface area contributed by atoms with Crippen molar-refractivity contribution in [2.45, 2.75) is 12.3 Å². The Balaban J connectivity index is 1.74. The van der Waals surface area contributed by atoms with E-state index in [1.807, 2.05) is 30.3 Å². The second-order valence-corrected chi connectivity index (χ2v) is 8.19. The Morgan fingerprint density at radius 2 is 1.71 bits per heavy atom. The lowest BCUT2D eigenvalue weighted by Gasteiger charge is -2.15. The van der Waals surface area contributed by atoms with Crippen LogP contribution in [0.15, 0.2) is 66.7 Å². The smallest absolute Gasteiger partial charge is 0.300 e. The lowest BCUT2D eigenvalue weighted by Crippen LogP contribution is -2.05. The molecule has 0 aliphatic rings. The van der Waals surface area contributed by atoms with E-state index >= 15 is 0 Å². The number of nitrogens with zero attached hydrogens (tertiary/aromatic N) is 1. The summed E-state index contributed by atoms with van der Waals surface area (Å²) in [6.45, 7) is 0.322. The van der Waals surface area contributed by atoms with Gasteiger partial charge in [-0.3, -0.25) is 5.10 Å². The number of hydrogen-bond acceptors (Lipinski definition) is 5. The number of benzene rings is 3. The quantitative estimate of drug-likeness (QED) is 0.302. The third-order valence-corrected chi connectivity index (χ3v) is 5.53. The Hall–Kier alpha value is -3.64. The molecule has 0 saturated heterocycles. The molecule has 3 aromatic carbocycles. The maximum absolute atomic E-state index is 14.4. The molecule has 1 unspecified atom stereocenters. The summed E-state index contributed by atoms with van der Waals surface area (Å²) in [5, 5.41) is 17.3. The molecule has 4 aromatic rings. The molecule has 1 aromatic heterocycles. The fourth-order valence-electron chi connectivity index (χ4n) is 3.59. The molecular formula is C25H23F2N2O4P. The van der Waals surface area contributed by atoms with Crippen LogP contribution in [0.4, 0.5) is 8.78 Å². The molecule has 9 heteroatoms. The molecule has 0 saturated carbocycles. The number of rotatable bonds is 8. The Kier molecular flexibility index (Phi) is 6.70. The number of phenolic OH excluding ortho intramolecular Hbond substituents is 1. The normalized spacial score (nSPS) is 11.3. The molecule has 0 amide bonds. The molecule has 0 spiro atoms. The minimum atomic E-state index is -3.29. The summed E-state index contributed by atoms with van der Waals surface area (Å²) in [4.78, 5) is 0. The molecule has 0 fully saturated rings. The fraction of sp³-hybridized carbons (Fsp3) is 0.160. The highest BCUT2D eigenvalue weighted by molar-refractivity contribution is 7.17. The monoisotopic (exact) mass is 484 g/mol. The highest BCUT2D eigenvalue weighted by Gasteiger charge is 2.34. The summed E-state index contributed by atoms with van der Waals surface area (Å²) < 4.78 is 45.2. The van der Waals surface area contributed by atoms with Gasteiger partial charge in [-0.25, -0.2) is 0 Å². The van der Waals surface area contributed by atoms with Gasteiger partial charge in [-0.15, -0.1) is 0 Å². The topological polar surface area (TPSA) is 76.6 Å². The molecule has 0 radical (unpaired) electrons. The molecule has 1 heterocycles. The van der Waals surface area contributed by atoms with Crippen molar-refractivity contribution in [3.63, 3.8) is 0 Å². The number of H-pyrrole nitrogens is 1. The number of halogens is 2. The second kappa shape index (κ2) is 9.69. The molecule has 4 rings (SSSR count). The van der Waals surface area contributed by atoms with Gasteiger partial charge < -0.3 is 19.3 Å². The highest BCUT2D eigenvalue weighted by atomic mass is 31.0. The molecule has 2 N–H and O–H groups in total. The van der Waals surface area contributed by atoms with Gasteiger partial charge in [0.1, 0.15) is 29.5 Å². The molecule has 0 aliphatic carbocycles. The maximum Gasteiger partial charge on any atom is 0.300 e. The van der Waals surface area contributed by atoms with Crippen molar-refractivity contribution in [2.24, 2.45) is 0 Å². The highest BCUT2D eigenvalue weighted by Crippen LogP contribution is 2.46. The SMILES string of the molecule is COc1ccc(-c2c(-c3ccc(OCc4ccccc4)cc3O)n[nH]c2C(F)(F)P)cc1OC. The summed E-state index contributed by atoms with van der Waals surface area (Å²) in [6.07, 6.45) is 0. The number of aromatic amines is 1. The first-order chi connectivity index (χ1) is 16.3. The first-order valence-corrected chi connectivity index (χ1v) is 10.9. The van der Waals surface area contributed by atoms with Gasteiger partial charge >= 0.3 is 0 Å². The third kappa shape index (κ3) is 4.82. The predicted octanol–water partition coefficient (Wildman–Crippen LogP) is 5.97. The van der Waals surface area contributed by atoms with Gasteiger partial charge in [0, 0.05) is 17.2 Å². The van der Waals surface area contributed by atoms with Crippen molar-refractivity contribution in [2.75, 3.05) is 14.2 Å². The van der Waals surface area contributed by atoms with Crippen LogP contribution in [0.2, 0.25) is 0 Å². The largest absolute Gasteiger partial charge is 0.507 e. The zero-order valence-corrected chi connectivity index (χ0v) is 19.7. The standard InChI is InChI=1S/C25H23F2N2O4P/c1-31-20-11-8-16(12-21(20)32-2)22-23(28-29-24(22)25(26,27)34)18-10-9-17(13-19(18)30)33-14-15-6-4-3-5-7-15/h3-13,30H,14,34H2,1-2H3,(H,28,29). The van der Waals surface area contributed by atoms with Crippen LogP contribution >= 0.6 is 9.24 Å². The van der Waals surface area contributed by atoms with Gasteiger partial charge in [0.15, 0.2) is 11.5 Å². The van der Waals surface area contributed by atoms with Crippen molar-refractivity contribution in [1.29, 1.82) is 0 Å². The van der Waals surface area contributed by atoms with Crippen molar-refractivity contribution >= 4 is 9.24 Å². The summed E-state index contributed by atoms with van der Waals surface area (Å²) in [5.41, 5.74) is -1.74. The third-order valence-electron chi connectivity index (χ3n) is 5.24. The van der Waals surface area contributed by atoms with Crippen LogP contribution in [-0.4, -0.2) is 29.5 Å². The number of aromatic hydroxyl groups is 1. The van der Waals surface area contributed by atoms with E-state index in [2.05, 4.69) is 10.2 Å². The molecule has 1 atom stereocenters. The van der Waals surface area contributed by atoms with Crippen molar-refractivity contribution < 1.29 is 28.1 Å².